The van der Waals surface area contributed by atoms with Crippen molar-refractivity contribution in [3.63, 3.8) is 0 Å². The zero-order chi connectivity index (χ0) is 16.3. The molecular formula is C17H23ClN4. The van der Waals surface area contributed by atoms with E-state index in [2.05, 4.69) is 40.5 Å². The summed E-state index contributed by atoms with van der Waals surface area (Å²) in [6.45, 7) is 11.2. The van der Waals surface area contributed by atoms with Gasteiger partial charge in [-0.2, -0.15) is 0 Å². The zero-order valence-electron chi connectivity index (χ0n) is 13.8. The largest absolute Gasteiger partial charge is 0.370 e. The molecule has 0 aliphatic rings. The molecule has 5 heteroatoms. The zero-order valence-corrected chi connectivity index (χ0v) is 14.5. The van der Waals surface area contributed by atoms with Gasteiger partial charge >= 0.3 is 0 Å². The molecule has 1 aromatic heterocycles. The van der Waals surface area contributed by atoms with Crippen molar-refractivity contribution in [3.8, 4) is 0 Å². The summed E-state index contributed by atoms with van der Waals surface area (Å²) in [7, 11) is 0. The summed E-state index contributed by atoms with van der Waals surface area (Å²) < 4.78 is 0. The Labute approximate surface area is 137 Å². The smallest absolute Gasteiger partial charge is 0.136 e. The van der Waals surface area contributed by atoms with Crippen molar-refractivity contribution >= 4 is 28.9 Å². The predicted molar refractivity (Wildman–Crippen MR) is 94.3 cm³/mol. The second-order valence-electron chi connectivity index (χ2n) is 6.02. The molecule has 0 saturated carbocycles. The van der Waals surface area contributed by atoms with E-state index in [1.54, 1.807) is 0 Å². The normalized spacial score (nSPS) is 10.9. The van der Waals surface area contributed by atoms with Crippen LogP contribution in [0.25, 0.3) is 0 Å². The van der Waals surface area contributed by atoms with Crippen molar-refractivity contribution in [3.05, 3.63) is 40.2 Å². The van der Waals surface area contributed by atoms with Gasteiger partial charge in [0.15, 0.2) is 0 Å². The lowest BCUT2D eigenvalue weighted by Crippen LogP contribution is -2.10. The molecule has 0 aliphatic heterocycles. The third-order valence-electron chi connectivity index (χ3n) is 3.21. The highest BCUT2D eigenvalue weighted by Gasteiger charge is 2.08. The lowest BCUT2D eigenvalue weighted by atomic mass is 10.1. The van der Waals surface area contributed by atoms with Crippen LogP contribution in [0.5, 0.6) is 0 Å². The van der Waals surface area contributed by atoms with E-state index in [1.807, 2.05) is 32.9 Å². The molecule has 0 radical (unpaired) electrons. The van der Waals surface area contributed by atoms with E-state index in [9.17, 15) is 0 Å². The van der Waals surface area contributed by atoms with Crippen LogP contribution in [0.4, 0.5) is 17.3 Å². The molecule has 0 saturated heterocycles. The van der Waals surface area contributed by atoms with Crippen LogP contribution in [0.2, 0.25) is 5.02 Å². The Bertz CT molecular complexity index is 645. The first-order valence-electron chi connectivity index (χ1n) is 7.48. The molecular weight excluding hydrogens is 296 g/mol. The Morgan fingerprint density at radius 2 is 1.73 bits per heavy atom. The Balaban J connectivity index is 2.26. The minimum atomic E-state index is 0.556. The number of benzene rings is 1. The average Bonchev–Trinajstić information content (AvgIpc) is 2.40. The third kappa shape index (κ3) is 4.34. The summed E-state index contributed by atoms with van der Waals surface area (Å²) in [5.74, 6) is 2.84. The molecule has 22 heavy (non-hydrogen) atoms. The van der Waals surface area contributed by atoms with Gasteiger partial charge in [-0.05, 0) is 43.9 Å². The number of aryl methyl sites for hydroxylation is 3. The first-order chi connectivity index (χ1) is 10.3. The van der Waals surface area contributed by atoms with Crippen LogP contribution >= 0.6 is 11.6 Å². The van der Waals surface area contributed by atoms with Crippen molar-refractivity contribution in [2.75, 3.05) is 17.2 Å². The van der Waals surface area contributed by atoms with Crippen molar-refractivity contribution in [2.24, 2.45) is 5.92 Å². The van der Waals surface area contributed by atoms with Crippen molar-refractivity contribution in [1.82, 2.24) is 9.97 Å². The van der Waals surface area contributed by atoms with Crippen LogP contribution in [0, 0.1) is 26.7 Å². The van der Waals surface area contributed by atoms with E-state index in [0.717, 1.165) is 40.8 Å². The number of anilines is 3. The van der Waals surface area contributed by atoms with E-state index in [1.165, 1.54) is 0 Å². The fourth-order valence-corrected chi connectivity index (χ4v) is 2.60. The first kappa shape index (κ1) is 16.6. The van der Waals surface area contributed by atoms with Gasteiger partial charge in [0.2, 0.25) is 0 Å². The molecule has 0 atom stereocenters. The lowest BCUT2D eigenvalue weighted by molar-refractivity contribution is 0.686. The van der Waals surface area contributed by atoms with Crippen molar-refractivity contribution in [1.29, 1.82) is 0 Å². The first-order valence-corrected chi connectivity index (χ1v) is 7.86. The molecule has 0 bridgehead atoms. The van der Waals surface area contributed by atoms with Gasteiger partial charge in [-0.25, -0.2) is 9.97 Å². The van der Waals surface area contributed by atoms with Crippen LogP contribution in [0.15, 0.2) is 18.2 Å². The molecule has 2 aromatic rings. The van der Waals surface area contributed by atoms with Crippen LogP contribution in [0.3, 0.4) is 0 Å². The van der Waals surface area contributed by atoms with Crippen LogP contribution in [0.1, 0.15) is 30.8 Å². The van der Waals surface area contributed by atoms with Gasteiger partial charge in [-0.15, -0.1) is 0 Å². The molecule has 118 valence electrons. The molecule has 1 aromatic carbocycles. The highest BCUT2D eigenvalue weighted by molar-refractivity contribution is 6.33. The molecule has 0 aliphatic carbocycles. The molecule has 0 fully saturated rings. The van der Waals surface area contributed by atoms with Gasteiger partial charge in [-0.3, -0.25) is 0 Å². The van der Waals surface area contributed by atoms with Gasteiger partial charge in [0, 0.05) is 12.6 Å². The molecule has 1 heterocycles. The number of nitrogens with zero attached hydrogens (tertiary/aromatic N) is 2. The number of aromatic nitrogens is 2. The number of nitrogens with one attached hydrogen (secondary N) is 2. The maximum atomic E-state index is 6.35. The summed E-state index contributed by atoms with van der Waals surface area (Å²) in [5.41, 5.74) is 3.13. The van der Waals surface area contributed by atoms with Gasteiger partial charge in [0.05, 0.1) is 10.7 Å². The second-order valence-corrected chi connectivity index (χ2v) is 6.43. The van der Waals surface area contributed by atoms with E-state index >= 15 is 0 Å². The van der Waals surface area contributed by atoms with Crippen LogP contribution in [-0.2, 0) is 0 Å². The SMILES string of the molecule is Cc1cc(C)c(Nc2cc(NCC(C)C)nc(C)n2)c(Cl)c1. The number of hydrogen-bond donors (Lipinski definition) is 2. The van der Waals surface area contributed by atoms with Crippen molar-refractivity contribution < 1.29 is 0 Å². The molecule has 4 nitrogen and oxygen atoms in total. The Hall–Kier alpha value is -1.81. The molecule has 2 rings (SSSR count). The van der Waals surface area contributed by atoms with Gasteiger partial charge in [-0.1, -0.05) is 31.5 Å². The maximum absolute atomic E-state index is 6.35. The highest BCUT2D eigenvalue weighted by Crippen LogP contribution is 2.30. The van der Waals surface area contributed by atoms with Gasteiger partial charge in [0.1, 0.15) is 17.5 Å². The highest BCUT2D eigenvalue weighted by atomic mass is 35.5. The Kier molecular flexibility index (Phi) is 5.24. The van der Waals surface area contributed by atoms with Gasteiger partial charge in [0.25, 0.3) is 0 Å². The van der Waals surface area contributed by atoms with E-state index in [-0.39, 0.29) is 0 Å². The fourth-order valence-electron chi connectivity index (χ4n) is 2.23. The van der Waals surface area contributed by atoms with Crippen LogP contribution in [-0.4, -0.2) is 16.5 Å². The minimum absolute atomic E-state index is 0.556. The molecule has 0 spiro atoms. The van der Waals surface area contributed by atoms with E-state index in [4.69, 9.17) is 11.6 Å². The van der Waals surface area contributed by atoms with E-state index < -0.39 is 0 Å². The van der Waals surface area contributed by atoms with Crippen LogP contribution < -0.4 is 10.6 Å². The van der Waals surface area contributed by atoms with Gasteiger partial charge < -0.3 is 10.6 Å². The summed E-state index contributed by atoms with van der Waals surface area (Å²) in [6.07, 6.45) is 0. The number of rotatable bonds is 5. The van der Waals surface area contributed by atoms with Crippen molar-refractivity contribution in [2.45, 2.75) is 34.6 Å². The maximum Gasteiger partial charge on any atom is 0.136 e. The summed E-state index contributed by atoms with van der Waals surface area (Å²) >= 11 is 6.35. The Morgan fingerprint density at radius 3 is 2.36 bits per heavy atom. The average molecular weight is 319 g/mol. The minimum Gasteiger partial charge on any atom is -0.370 e. The summed E-state index contributed by atoms with van der Waals surface area (Å²) in [6, 6.07) is 5.95. The number of halogens is 1. The Morgan fingerprint density at radius 1 is 1.05 bits per heavy atom. The second kappa shape index (κ2) is 6.97. The monoisotopic (exact) mass is 318 g/mol. The summed E-state index contributed by atoms with van der Waals surface area (Å²) in [5, 5.41) is 7.34. The number of hydrogen-bond acceptors (Lipinski definition) is 4. The lowest BCUT2D eigenvalue weighted by Gasteiger charge is -2.14. The predicted octanol–water partition coefficient (Wildman–Crippen LogP) is 4.87. The summed E-state index contributed by atoms with van der Waals surface area (Å²) in [4.78, 5) is 8.85. The molecule has 0 amide bonds. The fraction of sp³-hybridized carbons (Fsp3) is 0.412. The van der Waals surface area contributed by atoms with E-state index in [0.29, 0.717) is 10.9 Å². The molecule has 0 unspecified atom stereocenters. The molecule has 2 N–H and O–H groups in total. The quantitative estimate of drug-likeness (QED) is 0.826. The standard InChI is InChI=1S/C17H23ClN4/c1-10(2)9-19-15-8-16(21-13(5)20-15)22-17-12(4)6-11(3)7-14(17)18/h6-8,10H,9H2,1-5H3,(H2,19,20,21,22). The topological polar surface area (TPSA) is 49.8 Å². The third-order valence-corrected chi connectivity index (χ3v) is 3.51.